The molecule has 0 saturated carbocycles. The maximum Gasteiger partial charge on any atom is 0.328 e. The number of benzene rings is 2. The Morgan fingerprint density at radius 2 is 1.63 bits per heavy atom. The van der Waals surface area contributed by atoms with E-state index in [-0.39, 0.29) is 18.2 Å². The zero-order valence-corrected chi connectivity index (χ0v) is 20.3. The van der Waals surface area contributed by atoms with Gasteiger partial charge in [-0.2, -0.15) is 0 Å². The molecule has 1 atom stereocenters. The third-order valence-corrected chi connectivity index (χ3v) is 6.03. The van der Waals surface area contributed by atoms with Crippen molar-refractivity contribution < 1.29 is 19.1 Å². The Labute approximate surface area is 206 Å². The monoisotopic (exact) mass is 477 g/mol. The lowest BCUT2D eigenvalue weighted by Crippen LogP contribution is -2.43. The third-order valence-electron chi connectivity index (χ3n) is 6.03. The van der Waals surface area contributed by atoms with Crippen LogP contribution in [0.4, 0.5) is 0 Å². The van der Waals surface area contributed by atoms with Crippen molar-refractivity contribution in [3.8, 4) is 0 Å². The molecule has 0 radical (unpaired) electrons. The Bertz CT molecular complexity index is 1090. The summed E-state index contributed by atoms with van der Waals surface area (Å²) in [5.41, 5.74) is 3.24. The summed E-state index contributed by atoms with van der Waals surface area (Å²) in [5, 5.41) is 6.67. The van der Waals surface area contributed by atoms with Gasteiger partial charge in [-0.05, 0) is 42.9 Å². The van der Waals surface area contributed by atoms with Crippen LogP contribution in [-0.2, 0) is 32.0 Å². The van der Waals surface area contributed by atoms with E-state index in [0.29, 0.717) is 25.8 Å². The van der Waals surface area contributed by atoms with Crippen LogP contribution in [0.15, 0.2) is 60.8 Å². The van der Waals surface area contributed by atoms with Gasteiger partial charge in [0.1, 0.15) is 6.04 Å². The molecule has 3 rings (SSSR count). The summed E-state index contributed by atoms with van der Waals surface area (Å²) in [6, 6.07) is 17.4. The molecule has 35 heavy (non-hydrogen) atoms. The molecule has 0 saturated heterocycles. The number of aryl methyl sites for hydroxylation is 1. The van der Waals surface area contributed by atoms with E-state index in [1.165, 1.54) is 12.7 Å². The van der Waals surface area contributed by atoms with Gasteiger partial charge in [-0.15, -0.1) is 0 Å². The molecule has 0 aliphatic rings. The maximum atomic E-state index is 12.4. The molecule has 7 heteroatoms. The van der Waals surface area contributed by atoms with Crippen LogP contribution < -0.4 is 10.6 Å². The summed E-state index contributed by atoms with van der Waals surface area (Å²) >= 11 is 0. The number of unbranched alkanes of at least 4 members (excludes halogenated alkanes) is 2. The third kappa shape index (κ3) is 8.59. The summed E-state index contributed by atoms with van der Waals surface area (Å²) in [6.45, 7) is 0.432. The number of H-pyrrole nitrogens is 1. The van der Waals surface area contributed by atoms with Crippen molar-refractivity contribution in [2.45, 2.75) is 57.4 Å². The van der Waals surface area contributed by atoms with Crippen LogP contribution in [0.3, 0.4) is 0 Å². The van der Waals surface area contributed by atoms with Crippen LogP contribution >= 0.6 is 0 Å². The molecule has 0 bridgehead atoms. The van der Waals surface area contributed by atoms with E-state index in [0.717, 1.165) is 42.1 Å². The maximum absolute atomic E-state index is 12.4. The van der Waals surface area contributed by atoms with Crippen molar-refractivity contribution in [2.75, 3.05) is 13.7 Å². The standard InChI is InChI=1S/C28H35N3O4/c1-35-28(34)25(19-22-20-30-24-15-9-8-14-23(22)24)31-27(33)17-10-18-29-26(32)16-7-3-6-13-21-11-4-2-5-12-21/h2,4-5,8-9,11-12,14-15,20,25,30H,3,6-7,10,13,16-19H2,1H3,(H,29,32)(H,31,33)/t25-/m0/s1. The van der Waals surface area contributed by atoms with Gasteiger partial charge in [0.05, 0.1) is 7.11 Å². The number of aromatic amines is 1. The lowest BCUT2D eigenvalue weighted by atomic mass is 10.0. The van der Waals surface area contributed by atoms with Crippen molar-refractivity contribution >= 4 is 28.7 Å². The van der Waals surface area contributed by atoms with E-state index in [4.69, 9.17) is 4.74 Å². The zero-order valence-electron chi connectivity index (χ0n) is 20.3. The number of fused-ring (bicyclic) bond motifs is 1. The first-order chi connectivity index (χ1) is 17.1. The first-order valence-corrected chi connectivity index (χ1v) is 12.3. The molecule has 0 fully saturated rings. The number of ether oxygens (including phenoxy) is 1. The van der Waals surface area contributed by atoms with Crippen molar-refractivity contribution in [3.63, 3.8) is 0 Å². The number of methoxy groups -OCH3 is 1. The van der Waals surface area contributed by atoms with Crippen molar-refractivity contribution in [1.82, 2.24) is 15.6 Å². The first-order valence-electron chi connectivity index (χ1n) is 12.3. The second kappa shape index (κ2) is 13.9. The molecule has 2 amide bonds. The number of aromatic nitrogens is 1. The van der Waals surface area contributed by atoms with Gasteiger partial charge < -0.3 is 20.4 Å². The SMILES string of the molecule is COC(=O)[C@H](Cc1c[nH]c2ccccc12)NC(=O)CCCNC(=O)CCCCCc1ccccc1. The van der Waals surface area contributed by atoms with Gasteiger partial charge in [0, 0.05) is 42.9 Å². The van der Waals surface area contributed by atoms with Crippen LogP contribution in [0.2, 0.25) is 0 Å². The highest BCUT2D eigenvalue weighted by Crippen LogP contribution is 2.19. The van der Waals surface area contributed by atoms with Crippen LogP contribution in [-0.4, -0.2) is 42.5 Å². The predicted octanol–water partition coefficient (Wildman–Crippen LogP) is 4.07. The highest BCUT2D eigenvalue weighted by atomic mass is 16.5. The second-order valence-electron chi connectivity index (χ2n) is 8.71. The summed E-state index contributed by atoms with van der Waals surface area (Å²) in [7, 11) is 1.31. The number of carbonyl (C=O) groups excluding carboxylic acids is 3. The number of hydrogen-bond donors (Lipinski definition) is 3. The van der Waals surface area contributed by atoms with E-state index in [1.54, 1.807) is 0 Å². The Hall–Kier alpha value is -3.61. The summed E-state index contributed by atoms with van der Waals surface area (Å²) < 4.78 is 4.89. The van der Waals surface area contributed by atoms with Gasteiger partial charge in [0.2, 0.25) is 11.8 Å². The zero-order chi connectivity index (χ0) is 24.9. The van der Waals surface area contributed by atoms with Gasteiger partial charge >= 0.3 is 5.97 Å². The molecular weight excluding hydrogens is 442 g/mol. The largest absolute Gasteiger partial charge is 0.467 e. The molecule has 2 aromatic carbocycles. The van der Waals surface area contributed by atoms with Gasteiger partial charge in [-0.1, -0.05) is 55.0 Å². The minimum atomic E-state index is -0.766. The molecule has 1 aromatic heterocycles. The average molecular weight is 478 g/mol. The highest BCUT2D eigenvalue weighted by molar-refractivity contribution is 5.87. The van der Waals surface area contributed by atoms with Crippen molar-refractivity contribution in [3.05, 3.63) is 71.9 Å². The van der Waals surface area contributed by atoms with Crippen molar-refractivity contribution in [2.24, 2.45) is 0 Å². The van der Waals surface area contributed by atoms with Gasteiger partial charge in [0.25, 0.3) is 0 Å². The molecule has 3 N–H and O–H groups in total. The number of rotatable bonds is 14. The van der Waals surface area contributed by atoms with E-state index in [1.807, 2.05) is 48.7 Å². The summed E-state index contributed by atoms with van der Waals surface area (Å²) in [4.78, 5) is 39.9. The van der Waals surface area contributed by atoms with E-state index in [9.17, 15) is 14.4 Å². The van der Waals surface area contributed by atoms with Crippen molar-refractivity contribution in [1.29, 1.82) is 0 Å². The molecule has 0 aliphatic heterocycles. The topological polar surface area (TPSA) is 100 Å². The lowest BCUT2D eigenvalue weighted by molar-refractivity contribution is -0.145. The normalized spacial score (nSPS) is 11.7. The van der Waals surface area contributed by atoms with Gasteiger partial charge in [-0.25, -0.2) is 4.79 Å². The smallest absolute Gasteiger partial charge is 0.328 e. The van der Waals surface area contributed by atoms with E-state index < -0.39 is 12.0 Å². The minimum Gasteiger partial charge on any atom is -0.467 e. The van der Waals surface area contributed by atoms with Gasteiger partial charge in [0.15, 0.2) is 0 Å². The molecule has 186 valence electrons. The fourth-order valence-electron chi connectivity index (χ4n) is 4.12. The summed E-state index contributed by atoms with van der Waals surface area (Å²) in [5.74, 6) is -0.712. The number of carbonyl (C=O) groups is 3. The molecule has 7 nitrogen and oxygen atoms in total. The van der Waals surface area contributed by atoms with Gasteiger partial charge in [-0.3, -0.25) is 9.59 Å². The Morgan fingerprint density at radius 1 is 0.886 bits per heavy atom. The average Bonchev–Trinajstić information content (AvgIpc) is 3.29. The number of hydrogen-bond acceptors (Lipinski definition) is 4. The number of nitrogens with one attached hydrogen (secondary N) is 3. The molecule has 0 unspecified atom stereocenters. The van der Waals surface area contributed by atoms with Crippen LogP contribution in [0, 0.1) is 0 Å². The Balaban J connectivity index is 1.32. The minimum absolute atomic E-state index is 0.0110. The molecule has 0 aliphatic carbocycles. The molecule has 0 spiro atoms. The predicted molar refractivity (Wildman–Crippen MR) is 137 cm³/mol. The number of amides is 2. The van der Waals surface area contributed by atoms with E-state index in [2.05, 4.69) is 27.8 Å². The Kier molecular flexibility index (Phi) is 10.4. The lowest BCUT2D eigenvalue weighted by Gasteiger charge is -2.16. The number of para-hydroxylation sites is 1. The fourth-order valence-corrected chi connectivity index (χ4v) is 4.12. The van der Waals surface area contributed by atoms with Crippen LogP contribution in [0.25, 0.3) is 10.9 Å². The van der Waals surface area contributed by atoms with Crippen LogP contribution in [0.5, 0.6) is 0 Å². The first kappa shape index (κ1) is 26.0. The molecule has 3 aromatic rings. The highest BCUT2D eigenvalue weighted by Gasteiger charge is 2.23. The Morgan fingerprint density at radius 3 is 2.43 bits per heavy atom. The van der Waals surface area contributed by atoms with E-state index >= 15 is 0 Å². The molecule has 1 heterocycles. The van der Waals surface area contributed by atoms with Crippen LogP contribution in [0.1, 0.15) is 49.7 Å². The fraction of sp³-hybridized carbons (Fsp3) is 0.393. The number of esters is 1. The quantitative estimate of drug-likeness (QED) is 0.241. The summed E-state index contributed by atoms with van der Waals surface area (Å²) in [6.07, 6.45) is 7.38. The second-order valence-corrected chi connectivity index (χ2v) is 8.71. The molecular formula is C28H35N3O4.